The number of pyridine rings is 1. The van der Waals surface area contributed by atoms with Gasteiger partial charge in [0.15, 0.2) is 0 Å². The molecule has 0 bridgehead atoms. The molecule has 1 fully saturated rings. The molecule has 10 heteroatoms. The van der Waals surface area contributed by atoms with Gasteiger partial charge in [-0.2, -0.15) is 0 Å². The Labute approximate surface area is 237 Å². The molecule has 2 heterocycles. The number of halogens is 2. The SMILES string of the molecule is CC(C)CNCc1cc(C(=O)Nc2cc(C3(c4nncn4C)CC(C)C3)ccc2F)c(=O)n(-c2ccc(F)cc2)c1. The summed E-state index contributed by atoms with van der Waals surface area (Å²) >= 11 is 0. The average molecular weight is 561 g/mol. The van der Waals surface area contributed by atoms with Crippen molar-refractivity contribution in [2.45, 2.75) is 45.6 Å². The molecule has 0 saturated heterocycles. The third-order valence-corrected chi connectivity index (χ3v) is 7.61. The first kappa shape index (κ1) is 28.4. The summed E-state index contributed by atoms with van der Waals surface area (Å²) in [6, 6.07) is 11.6. The second-order valence-corrected chi connectivity index (χ2v) is 11.4. The van der Waals surface area contributed by atoms with E-state index in [0.717, 1.165) is 30.8 Å². The van der Waals surface area contributed by atoms with Crippen LogP contribution in [0, 0.1) is 23.5 Å². The Morgan fingerprint density at radius 2 is 1.85 bits per heavy atom. The predicted octanol–water partition coefficient (Wildman–Crippen LogP) is 4.96. The van der Waals surface area contributed by atoms with Gasteiger partial charge in [0.1, 0.15) is 29.3 Å². The highest BCUT2D eigenvalue weighted by atomic mass is 19.1. The minimum absolute atomic E-state index is 0.0235. The summed E-state index contributed by atoms with van der Waals surface area (Å²) in [5.74, 6) is -0.155. The fourth-order valence-corrected chi connectivity index (χ4v) is 5.70. The highest BCUT2D eigenvalue weighted by Crippen LogP contribution is 2.51. The van der Waals surface area contributed by atoms with Gasteiger partial charge in [-0.1, -0.05) is 26.8 Å². The lowest BCUT2D eigenvalue weighted by Crippen LogP contribution is -2.43. The van der Waals surface area contributed by atoms with E-state index in [2.05, 4.69) is 41.6 Å². The van der Waals surface area contributed by atoms with Crippen LogP contribution in [-0.4, -0.2) is 31.8 Å². The largest absolute Gasteiger partial charge is 0.320 e. The average Bonchev–Trinajstić information content (AvgIpc) is 3.35. The van der Waals surface area contributed by atoms with Gasteiger partial charge in [-0.3, -0.25) is 14.2 Å². The van der Waals surface area contributed by atoms with Gasteiger partial charge in [0.05, 0.1) is 11.1 Å². The van der Waals surface area contributed by atoms with Crippen LogP contribution >= 0.6 is 0 Å². The molecular formula is C31H34F2N6O2. The Morgan fingerprint density at radius 3 is 2.49 bits per heavy atom. The number of rotatable bonds is 9. The van der Waals surface area contributed by atoms with Crippen LogP contribution in [-0.2, 0) is 19.0 Å². The maximum Gasteiger partial charge on any atom is 0.267 e. The number of hydrogen-bond acceptors (Lipinski definition) is 5. The van der Waals surface area contributed by atoms with Crippen molar-refractivity contribution in [3.05, 3.63) is 106 Å². The second kappa shape index (κ2) is 11.4. The zero-order chi connectivity index (χ0) is 29.3. The fraction of sp³-hybridized carbons (Fsp3) is 0.355. The summed E-state index contributed by atoms with van der Waals surface area (Å²) in [6.45, 7) is 7.44. The molecule has 1 aliphatic rings. The van der Waals surface area contributed by atoms with Crippen molar-refractivity contribution in [1.29, 1.82) is 0 Å². The number of aromatic nitrogens is 4. The number of carbonyl (C=O) groups excluding carboxylic acids is 1. The zero-order valence-corrected chi connectivity index (χ0v) is 23.6. The fourth-order valence-electron chi connectivity index (χ4n) is 5.70. The lowest BCUT2D eigenvalue weighted by Gasteiger charge is -2.46. The van der Waals surface area contributed by atoms with Gasteiger partial charge in [0.25, 0.3) is 11.5 Å². The third-order valence-electron chi connectivity index (χ3n) is 7.61. The minimum Gasteiger partial charge on any atom is -0.320 e. The van der Waals surface area contributed by atoms with Gasteiger partial charge in [0, 0.05) is 25.5 Å². The highest BCUT2D eigenvalue weighted by Gasteiger charge is 2.48. The number of nitrogens with zero attached hydrogens (tertiary/aromatic N) is 4. The molecule has 2 aromatic heterocycles. The van der Waals surface area contributed by atoms with Crippen LogP contribution in [0.1, 0.15) is 60.9 Å². The molecule has 2 aromatic carbocycles. The standard InChI is InChI=1S/C31H34F2N6O2/c1-19(2)15-34-16-21-11-25(29(41)39(17-21)24-8-6-23(32)7-9-24)28(40)36-27-12-22(5-10-26(27)33)31(13-20(3)14-31)30-37-35-18-38(30)4/h5-12,17-20,34H,13-16H2,1-4H3,(H,36,40). The van der Waals surface area contributed by atoms with Crippen LogP contribution in [0.25, 0.3) is 5.69 Å². The summed E-state index contributed by atoms with van der Waals surface area (Å²) in [5, 5.41) is 14.3. The van der Waals surface area contributed by atoms with E-state index < -0.39 is 28.5 Å². The van der Waals surface area contributed by atoms with Crippen LogP contribution < -0.4 is 16.2 Å². The van der Waals surface area contributed by atoms with Crippen molar-refractivity contribution in [2.75, 3.05) is 11.9 Å². The molecule has 8 nitrogen and oxygen atoms in total. The number of benzene rings is 2. The topological polar surface area (TPSA) is 93.8 Å². The third kappa shape index (κ3) is 5.69. The Morgan fingerprint density at radius 1 is 1.12 bits per heavy atom. The highest BCUT2D eigenvalue weighted by molar-refractivity contribution is 6.04. The number of hydrogen-bond donors (Lipinski definition) is 2. The first-order chi connectivity index (χ1) is 19.6. The maximum atomic E-state index is 15.1. The zero-order valence-electron chi connectivity index (χ0n) is 23.6. The molecule has 0 spiro atoms. The van der Waals surface area contributed by atoms with Crippen molar-refractivity contribution in [2.24, 2.45) is 18.9 Å². The Bertz CT molecular complexity index is 1620. The molecule has 0 radical (unpaired) electrons. The van der Waals surface area contributed by atoms with Crippen molar-refractivity contribution >= 4 is 11.6 Å². The molecule has 5 rings (SSSR count). The Balaban J connectivity index is 1.50. The predicted molar refractivity (Wildman–Crippen MR) is 153 cm³/mol. The first-order valence-corrected chi connectivity index (χ1v) is 13.8. The van der Waals surface area contributed by atoms with E-state index in [1.54, 1.807) is 24.7 Å². The molecule has 0 unspecified atom stereocenters. The molecular weight excluding hydrogens is 526 g/mol. The van der Waals surface area contributed by atoms with Crippen molar-refractivity contribution < 1.29 is 13.6 Å². The summed E-state index contributed by atoms with van der Waals surface area (Å²) < 4.78 is 31.8. The van der Waals surface area contributed by atoms with Crippen molar-refractivity contribution in [1.82, 2.24) is 24.6 Å². The molecule has 1 saturated carbocycles. The molecule has 4 aromatic rings. The summed E-state index contributed by atoms with van der Waals surface area (Å²) in [4.78, 5) is 27.0. The number of carbonyl (C=O) groups is 1. The van der Waals surface area contributed by atoms with E-state index in [4.69, 9.17) is 0 Å². The Kier molecular flexibility index (Phi) is 7.86. The quantitative estimate of drug-likeness (QED) is 0.302. The lowest BCUT2D eigenvalue weighted by atomic mass is 9.58. The van der Waals surface area contributed by atoms with Gasteiger partial charge in [-0.25, -0.2) is 8.78 Å². The lowest BCUT2D eigenvalue weighted by molar-refractivity contribution is 0.102. The van der Waals surface area contributed by atoms with Gasteiger partial charge >= 0.3 is 0 Å². The molecule has 2 N–H and O–H groups in total. The van der Waals surface area contributed by atoms with Gasteiger partial charge in [-0.15, -0.1) is 10.2 Å². The molecule has 0 atom stereocenters. The number of nitrogens with one attached hydrogen (secondary N) is 2. The van der Waals surface area contributed by atoms with Crippen molar-refractivity contribution in [3.63, 3.8) is 0 Å². The number of amides is 1. The monoisotopic (exact) mass is 560 g/mol. The van der Waals surface area contributed by atoms with Crippen LogP contribution in [0.5, 0.6) is 0 Å². The van der Waals surface area contributed by atoms with E-state index in [9.17, 15) is 14.0 Å². The van der Waals surface area contributed by atoms with E-state index in [0.29, 0.717) is 29.6 Å². The van der Waals surface area contributed by atoms with E-state index in [-0.39, 0.29) is 11.3 Å². The van der Waals surface area contributed by atoms with E-state index in [1.165, 1.54) is 41.0 Å². The van der Waals surface area contributed by atoms with Crippen LogP contribution in [0.2, 0.25) is 0 Å². The molecule has 41 heavy (non-hydrogen) atoms. The van der Waals surface area contributed by atoms with Crippen LogP contribution in [0.4, 0.5) is 14.5 Å². The normalized spacial score (nSPS) is 18.4. The van der Waals surface area contributed by atoms with E-state index in [1.807, 2.05) is 11.6 Å². The minimum atomic E-state index is -0.734. The number of anilines is 1. The second-order valence-electron chi connectivity index (χ2n) is 11.4. The van der Waals surface area contributed by atoms with Crippen LogP contribution in [0.15, 0.2) is 65.8 Å². The van der Waals surface area contributed by atoms with Gasteiger partial charge < -0.3 is 15.2 Å². The van der Waals surface area contributed by atoms with Crippen LogP contribution in [0.3, 0.4) is 0 Å². The van der Waals surface area contributed by atoms with Crippen molar-refractivity contribution in [3.8, 4) is 5.69 Å². The molecule has 0 aliphatic heterocycles. The summed E-state index contributed by atoms with van der Waals surface area (Å²) in [5.41, 5.74) is 0.691. The maximum absolute atomic E-state index is 15.1. The Hall–Kier alpha value is -4.18. The summed E-state index contributed by atoms with van der Waals surface area (Å²) in [6.07, 6.45) is 4.89. The van der Waals surface area contributed by atoms with E-state index >= 15 is 4.39 Å². The molecule has 214 valence electrons. The molecule has 1 amide bonds. The first-order valence-electron chi connectivity index (χ1n) is 13.8. The number of aryl methyl sites for hydroxylation is 1. The van der Waals surface area contributed by atoms with Gasteiger partial charge in [0.2, 0.25) is 0 Å². The van der Waals surface area contributed by atoms with Gasteiger partial charge in [-0.05, 0) is 84.8 Å². The molecule has 1 aliphatic carbocycles. The summed E-state index contributed by atoms with van der Waals surface area (Å²) in [7, 11) is 1.88. The smallest absolute Gasteiger partial charge is 0.267 e.